The summed E-state index contributed by atoms with van der Waals surface area (Å²) in [5.74, 6) is -0.0638. The second-order valence-electron chi connectivity index (χ2n) is 5.99. The highest BCUT2D eigenvalue weighted by Crippen LogP contribution is 2.39. The molecule has 0 atom stereocenters. The fourth-order valence-electron chi connectivity index (χ4n) is 1.92. The first-order chi connectivity index (χ1) is 9.66. The standard InChI is InChI=1S/C14H18BClFNO2S/c1-13(2)14(3,4)20-15(19-13)10(8-21)5-9-6-12(16)18-7-11(9)17/h5-7,21H,8H2,1-4H3. The van der Waals surface area contributed by atoms with Crippen LogP contribution in [0, 0.1) is 5.82 Å². The summed E-state index contributed by atoms with van der Waals surface area (Å²) in [6.45, 7) is 7.86. The normalized spacial score (nSPS) is 20.9. The fourth-order valence-corrected chi connectivity index (χ4v) is 2.33. The molecular weight excluding hydrogens is 311 g/mol. The Bertz CT molecular complexity index is 564. The van der Waals surface area contributed by atoms with Crippen molar-refractivity contribution in [2.75, 3.05) is 5.75 Å². The molecule has 114 valence electrons. The van der Waals surface area contributed by atoms with Crippen LogP contribution in [0.25, 0.3) is 6.08 Å². The van der Waals surface area contributed by atoms with Crippen molar-refractivity contribution < 1.29 is 13.7 Å². The molecule has 0 amide bonds. The van der Waals surface area contributed by atoms with Crippen LogP contribution in [0.3, 0.4) is 0 Å². The lowest BCUT2D eigenvalue weighted by Gasteiger charge is -2.32. The first kappa shape index (κ1) is 16.8. The van der Waals surface area contributed by atoms with Crippen LogP contribution in [-0.2, 0) is 9.31 Å². The van der Waals surface area contributed by atoms with Gasteiger partial charge in [0, 0.05) is 11.3 Å². The summed E-state index contributed by atoms with van der Waals surface area (Å²) in [5, 5.41) is 0.232. The maximum absolute atomic E-state index is 13.8. The van der Waals surface area contributed by atoms with E-state index in [1.165, 1.54) is 6.07 Å². The molecule has 0 radical (unpaired) electrons. The molecule has 1 saturated heterocycles. The highest BCUT2D eigenvalue weighted by molar-refractivity contribution is 7.80. The van der Waals surface area contributed by atoms with Crippen LogP contribution in [0.2, 0.25) is 5.15 Å². The van der Waals surface area contributed by atoms with Crippen molar-refractivity contribution >= 4 is 37.4 Å². The third-order valence-corrected chi connectivity index (χ3v) is 4.50. The first-order valence-corrected chi connectivity index (χ1v) is 7.65. The van der Waals surface area contributed by atoms with Crippen molar-refractivity contribution in [2.24, 2.45) is 0 Å². The summed E-state index contributed by atoms with van der Waals surface area (Å²) in [7, 11) is -0.557. The van der Waals surface area contributed by atoms with Gasteiger partial charge in [0.15, 0.2) is 0 Å². The Morgan fingerprint density at radius 3 is 2.48 bits per heavy atom. The van der Waals surface area contributed by atoms with Gasteiger partial charge in [-0.25, -0.2) is 9.37 Å². The van der Waals surface area contributed by atoms with Crippen molar-refractivity contribution in [3.05, 3.63) is 34.3 Å². The maximum Gasteiger partial charge on any atom is 0.491 e. The predicted octanol–water partition coefficient (Wildman–Crippen LogP) is 3.82. The van der Waals surface area contributed by atoms with E-state index in [9.17, 15) is 4.39 Å². The van der Waals surface area contributed by atoms with E-state index in [-0.39, 0.29) is 5.15 Å². The van der Waals surface area contributed by atoms with Crippen LogP contribution >= 0.6 is 24.2 Å². The molecule has 1 aromatic rings. The smallest absolute Gasteiger partial charge is 0.400 e. The van der Waals surface area contributed by atoms with Gasteiger partial charge in [-0.1, -0.05) is 17.7 Å². The summed E-state index contributed by atoms with van der Waals surface area (Å²) in [6.07, 6.45) is 2.74. The summed E-state index contributed by atoms with van der Waals surface area (Å²) >= 11 is 10.1. The Kier molecular flexibility index (Phi) is 4.73. The third kappa shape index (κ3) is 3.45. The van der Waals surface area contributed by atoms with Crippen LogP contribution in [0.4, 0.5) is 4.39 Å². The van der Waals surface area contributed by atoms with E-state index in [0.29, 0.717) is 11.3 Å². The molecule has 2 rings (SSSR count). The number of pyridine rings is 1. The lowest BCUT2D eigenvalue weighted by molar-refractivity contribution is 0.00578. The van der Waals surface area contributed by atoms with Crippen molar-refractivity contribution in [1.82, 2.24) is 4.98 Å². The summed E-state index contributed by atoms with van der Waals surface area (Å²) in [6, 6.07) is 1.46. The number of halogens is 2. The molecule has 0 aliphatic carbocycles. The Morgan fingerprint density at radius 2 is 1.95 bits per heavy atom. The van der Waals surface area contributed by atoms with Crippen molar-refractivity contribution in [3.63, 3.8) is 0 Å². The molecular formula is C14H18BClFNO2S. The molecule has 1 aromatic heterocycles. The van der Waals surface area contributed by atoms with E-state index >= 15 is 0 Å². The van der Waals surface area contributed by atoms with Gasteiger partial charge in [-0.15, -0.1) is 0 Å². The predicted molar refractivity (Wildman–Crippen MR) is 87.1 cm³/mol. The Balaban J connectivity index is 2.33. The van der Waals surface area contributed by atoms with Gasteiger partial charge in [0.05, 0.1) is 17.4 Å². The first-order valence-electron chi connectivity index (χ1n) is 6.64. The van der Waals surface area contributed by atoms with Gasteiger partial charge >= 0.3 is 7.12 Å². The largest absolute Gasteiger partial charge is 0.491 e. The third-order valence-electron chi connectivity index (χ3n) is 3.93. The summed E-state index contributed by atoms with van der Waals surface area (Å²) in [4.78, 5) is 3.70. The fraction of sp³-hybridized carbons (Fsp3) is 0.500. The zero-order valence-electron chi connectivity index (χ0n) is 12.5. The molecule has 2 heterocycles. The van der Waals surface area contributed by atoms with Gasteiger partial charge in [0.2, 0.25) is 0 Å². The number of thiol groups is 1. The summed E-state index contributed by atoms with van der Waals surface area (Å²) in [5.41, 5.74) is 0.175. The lowest BCUT2D eigenvalue weighted by atomic mass is 9.78. The highest BCUT2D eigenvalue weighted by Gasteiger charge is 2.52. The molecule has 1 aliphatic heterocycles. The van der Waals surface area contributed by atoms with Crippen molar-refractivity contribution in [2.45, 2.75) is 38.9 Å². The topological polar surface area (TPSA) is 31.4 Å². The minimum Gasteiger partial charge on any atom is -0.400 e. The van der Waals surface area contributed by atoms with Crippen LogP contribution in [0.1, 0.15) is 33.3 Å². The lowest BCUT2D eigenvalue weighted by Crippen LogP contribution is -2.41. The zero-order chi connectivity index (χ0) is 15.8. The second-order valence-corrected chi connectivity index (χ2v) is 6.70. The number of hydrogen-bond acceptors (Lipinski definition) is 4. The average molecular weight is 330 g/mol. The van der Waals surface area contributed by atoms with Gasteiger partial charge < -0.3 is 9.31 Å². The second kappa shape index (κ2) is 5.91. The zero-order valence-corrected chi connectivity index (χ0v) is 14.1. The minimum absolute atomic E-state index is 0.232. The molecule has 1 fully saturated rings. The molecule has 7 heteroatoms. The van der Waals surface area contributed by atoms with Crippen LogP contribution in [0.15, 0.2) is 17.7 Å². The molecule has 0 unspecified atom stereocenters. The molecule has 0 bridgehead atoms. The van der Waals surface area contributed by atoms with Gasteiger partial charge in [0.1, 0.15) is 11.0 Å². The van der Waals surface area contributed by atoms with Crippen LogP contribution in [0.5, 0.6) is 0 Å². The van der Waals surface area contributed by atoms with E-state index in [2.05, 4.69) is 17.6 Å². The number of rotatable bonds is 3. The quantitative estimate of drug-likeness (QED) is 0.520. The number of aromatic nitrogens is 1. The summed E-state index contributed by atoms with van der Waals surface area (Å²) < 4.78 is 25.7. The Morgan fingerprint density at radius 1 is 1.38 bits per heavy atom. The molecule has 3 nitrogen and oxygen atoms in total. The minimum atomic E-state index is -0.557. The van der Waals surface area contributed by atoms with E-state index in [4.69, 9.17) is 20.9 Å². The van der Waals surface area contributed by atoms with E-state index in [1.807, 2.05) is 27.7 Å². The molecule has 1 aliphatic rings. The SMILES string of the molecule is CC1(C)OB(C(=Cc2cc(Cl)ncc2F)CS)OC1(C)C. The molecule has 0 N–H and O–H groups in total. The van der Waals surface area contributed by atoms with Gasteiger partial charge in [-0.3, -0.25) is 0 Å². The Labute approximate surface area is 135 Å². The Hall–Kier alpha value is -0.555. The maximum atomic E-state index is 13.8. The van der Waals surface area contributed by atoms with Gasteiger partial charge in [-0.2, -0.15) is 12.6 Å². The van der Waals surface area contributed by atoms with E-state index in [1.54, 1.807) is 6.08 Å². The van der Waals surface area contributed by atoms with E-state index < -0.39 is 24.1 Å². The molecule has 0 spiro atoms. The van der Waals surface area contributed by atoms with Gasteiger partial charge in [-0.05, 0) is 39.2 Å². The number of nitrogens with zero attached hydrogens (tertiary/aromatic N) is 1. The van der Waals surface area contributed by atoms with E-state index in [0.717, 1.165) is 11.7 Å². The molecule has 0 aromatic carbocycles. The average Bonchev–Trinajstić information content (AvgIpc) is 2.59. The molecule has 0 saturated carbocycles. The van der Waals surface area contributed by atoms with Crippen LogP contribution in [-0.4, -0.2) is 29.1 Å². The molecule has 21 heavy (non-hydrogen) atoms. The van der Waals surface area contributed by atoms with Gasteiger partial charge in [0.25, 0.3) is 0 Å². The van der Waals surface area contributed by atoms with Crippen LogP contribution < -0.4 is 0 Å². The monoisotopic (exact) mass is 329 g/mol. The number of hydrogen-bond donors (Lipinski definition) is 1. The highest BCUT2D eigenvalue weighted by atomic mass is 35.5. The van der Waals surface area contributed by atoms with Crippen molar-refractivity contribution in [3.8, 4) is 0 Å². The van der Waals surface area contributed by atoms with Crippen molar-refractivity contribution in [1.29, 1.82) is 0 Å².